The molecular formula is C20H24O7. The summed E-state index contributed by atoms with van der Waals surface area (Å²) in [6.45, 7) is 13.0. The molecule has 3 rings (SSSR count). The van der Waals surface area contributed by atoms with Crippen molar-refractivity contribution < 1.29 is 33.7 Å². The Morgan fingerprint density at radius 1 is 1.44 bits per heavy atom. The zero-order valence-electron chi connectivity index (χ0n) is 15.6. The summed E-state index contributed by atoms with van der Waals surface area (Å²) in [7, 11) is 0. The standard InChI is InChI=1S/C20H24O7/c1-6-9(2)18(23)27-17-16-13(11(4)19(24)26-16)15(22)14(10(3)7-21)20(17,5)12-8-25-12/h6-7,12-17,22H,3-4,8H2,1-2,5H3/b9-6-/t12-,13-,14+,15+,16+,17+,20+/m0/s1. The van der Waals surface area contributed by atoms with Gasteiger partial charge in [0.25, 0.3) is 0 Å². The third kappa shape index (κ3) is 2.85. The highest BCUT2D eigenvalue weighted by molar-refractivity contribution is 5.92. The van der Waals surface area contributed by atoms with Crippen LogP contribution in [0.4, 0.5) is 0 Å². The van der Waals surface area contributed by atoms with Crippen LogP contribution in [-0.2, 0) is 28.6 Å². The van der Waals surface area contributed by atoms with Crippen LogP contribution in [0.3, 0.4) is 0 Å². The maximum Gasteiger partial charge on any atom is 0.334 e. The molecule has 3 fully saturated rings. The molecule has 0 aromatic carbocycles. The average Bonchev–Trinajstić information content (AvgIpc) is 3.44. The van der Waals surface area contributed by atoms with Gasteiger partial charge in [0.1, 0.15) is 18.5 Å². The lowest BCUT2D eigenvalue weighted by Crippen LogP contribution is -2.63. The number of hydrogen-bond donors (Lipinski definition) is 1. The fraction of sp³-hybridized carbons (Fsp3) is 0.550. The van der Waals surface area contributed by atoms with Crippen LogP contribution in [0, 0.1) is 17.3 Å². The second-order valence-electron chi connectivity index (χ2n) is 7.57. The number of rotatable bonds is 5. The quantitative estimate of drug-likeness (QED) is 0.332. The van der Waals surface area contributed by atoms with Crippen LogP contribution in [0.1, 0.15) is 20.8 Å². The normalized spacial score (nSPS) is 40.8. The minimum atomic E-state index is -1.14. The lowest BCUT2D eigenvalue weighted by atomic mass is 9.56. The van der Waals surface area contributed by atoms with Gasteiger partial charge in [0.2, 0.25) is 0 Å². The second kappa shape index (κ2) is 6.73. The number of aliphatic hydroxyl groups is 1. The fourth-order valence-electron chi connectivity index (χ4n) is 4.37. The van der Waals surface area contributed by atoms with E-state index in [1.165, 1.54) is 0 Å². The number of aldehydes is 1. The van der Waals surface area contributed by atoms with E-state index < -0.39 is 47.5 Å². The molecule has 7 heteroatoms. The zero-order chi connectivity index (χ0) is 20.1. The molecule has 0 aromatic rings. The maximum absolute atomic E-state index is 12.5. The van der Waals surface area contributed by atoms with Gasteiger partial charge in [-0.2, -0.15) is 0 Å². The number of aliphatic hydroxyl groups excluding tert-OH is 1. The van der Waals surface area contributed by atoms with E-state index >= 15 is 0 Å². The van der Waals surface area contributed by atoms with Gasteiger partial charge < -0.3 is 19.3 Å². The van der Waals surface area contributed by atoms with Crippen molar-refractivity contribution in [3.05, 3.63) is 36.0 Å². The molecule has 0 radical (unpaired) electrons. The number of hydrogen-bond acceptors (Lipinski definition) is 7. The van der Waals surface area contributed by atoms with Crippen molar-refractivity contribution in [3.63, 3.8) is 0 Å². The van der Waals surface area contributed by atoms with E-state index in [9.17, 15) is 19.5 Å². The molecule has 2 aliphatic heterocycles. The summed E-state index contributed by atoms with van der Waals surface area (Å²) >= 11 is 0. The molecule has 0 amide bonds. The predicted octanol–water partition coefficient (Wildman–Crippen LogP) is 1.11. The number of esters is 2. The van der Waals surface area contributed by atoms with E-state index in [0.717, 1.165) is 0 Å². The number of carbonyl (C=O) groups excluding carboxylic acids is 3. The van der Waals surface area contributed by atoms with E-state index in [1.807, 2.05) is 0 Å². The first-order valence-corrected chi connectivity index (χ1v) is 8.85. The first-order chi connectivity index (χ1) is 12.7. The van der Waals surface area contributed by atoms with Gasteiger partial charge in [0.05, 0.1) is 24.7 Å². The first kappa shape index (κ1) is 19.5. The van der Waals surface area contributed by atoms with Gasteiger partial charge in [-0.25, -0.2) is 9.59 Å². The molecule has 7 atom stereocenters. The molecule has 0 aromatic heterocycles. The molecule has 1 saturated carbocycles. The van der Waals surface area contributed by atoms with Gasteiger partial charge in [-0.15, -0.1) is 0 Å². The minimum absolute atomic E-state index is 0.0961. The van der Waals surface area contributed by atoms with E-state index in [-0.39, 0.29) is 17.3 Å². The third-order valence-corrected chi connectivity index (χ3v) is 6.12. The van der Waals surface area contributed by atoms with E-state index in [2.05, 4.69) is 13.2 Å². The Morgan fingerprint density at radius 2 is 2.07 bits per heavy atom. The van der Waals surface area contributed by atoms with Crippen molar-refractivity contribution in [2.45, 2.75) is 45.2 Å². The lowest BCUT2D eigenvalue weighted by molar-refractivity contribution is -0.202. The third-order valence-electron chi connectivity index (χ3n) is 6.12. The van der Waals surface area contributed by atoms with Crippen molar-refractivity contribution in [1.29, 1.82) is 0 Å². The number of allylic oxidation sites excluding steroid dienone is 1. The van der Waals surface area contributed by atoms with Crippen LogP contribution in [0.2, 0.25) is 0 Å². The van der Waals surface area contributed by atoms with Crippen LogP contribution < -0.4 is 0 Å². The molecule has 0 bridgehead atoms. The van der Waals surface area contributed by atoms with Crippen LogP contribution in [0.25, 0.3) is 0 Å². The Morgan fingerprint density at radius 3 is 2.59 bits per heavy atom. The van der Waals surface area contributed by atoms with Crippen molar-refractivity contribution in [1.82, 2.24) is 0 Å². The molecule has 7 nitrogen and oxygen atoms in total. The van der Waals surface area contributed by atoms with Crippen molar-refractivity contribution in [2.75, 3.05) is 6.61 Å². The van der Waals surface area contributed by atoms with Gasteiger partial charge in [-0.1, -0.05) is 26.2 Å². The predicted molar refractivity (Wildman–Crippen MR) is 94.4 cm³/mol. The largest absolute Gasteiger partial charge is 0.454 e. The minimum Gasteiger partial charge on any atom is -0.454 e. The Labute approximate surface area is 157 Å². The molecule has 0 spiro atoms. The molecule has 0 unspecified atom stereocenters. The molecule has 2 heterocycles. The van der Waals surface area contributed by atoms with E-state index in [0.29, 0.717) is 18.5 Å². The summed E-state index contributed by atoms with van der Waals surface area (Å²) in [6, 6.07) is 0. The topological polar surface area (TPSA) is 102 Å². The summed E-state index contributed by atoms with van der Waals surface area (Å²) in [4.78, 5) is 36.2. The molecule has 3 aliphatic rings. The SMILES string of the molecule is C=C1C(=O)O[C@@H]2[C@@H]1[C@@H](O)[C@@H](C(=C)C=O)[C@@](C)([C@@H]1CO1)[C@@H]2OC(=O)/C(C)=C\C. The van der Waals surface area contributed by atoms with Crippen LogP contribution in [0.15, 0.2) is 36.0 Å². The molecule has 27 heavy (non-hydrogen) atoms. The van der Waals surface area contributed by atoms with Crippen molar-refractivity contribution in [3.8, 4) is 0 Å². The Hall–Kier alpha value is -2.25. The summed E-state index contributed by atoms with van der Waals surface area (Å²) in [5.41, 5.74) is -0.355. The lowest BCUT2D eigenvalue weighted by Gasteiger charge is -2.52. The van der Waals surface area contributed by atoms with Crippen LogP contribution >= 0.6 is 0 Å². The summed E-state index contributed by atoms with van der Waals surface area (Å²) in [6.07, 6.45) is -1.15. The Bertz CT molecular complexity index is 747. The van der Waals surface area contributed by atoms with Gasteiger partial charge >= 0.3 is 11.9 Å². The fourth-order valence-corrected chi connectivity index (χ4v) is 4.37. The summed E-state index contributed by atoms with van der Waals surface area (Å²) in [5, 5.41) is 11.0. The van der Waals surface area contributed by atoms with Gasteiger partial charge in [0.15, 0.2) is 0 Å². The number of carbonyl (C=O) groups is 3. The molecule has 1 N–H and O–H groups in total. The van der Waals surface area contributed by atoms with E-state index in [1.54, 1.807) is 26.8 Å². The highest BCUT2D eigenvalue weighted by atomic mass is 16.6. The highest BCUT2D eigenvalue weighted by Gasteiger charge is 2.68. The maximum atomic E-state index is 12.5. The van der Waals surface area contributed by atoms with Crippen LogP contribution in [0.5, 0.6) is 0 Å². The Balaban J connectivity index is 2.11. The summed E-state index contributed by atoms with van der Waals surface area (Å²) in [5.74, 6) is -2.79. The van der Waals surface area contributed by atoms with Gasteiger partial charge in [-0.3, -0.25) is 4.79 Å². The summed E-state index contributed by atoms with van der Waals surface area (Å²) < 4.78 is 16.7. The van der Waals surface area contributed by atoms with Gasteiger partial charge in [0, 0.05) is 22.5 Å². The smallest absolute Gasteiger partial charge is 0.334 e. The number of epoxide rings is 1. The molecule has 2 saturated heterocycles. The number of fused-ring (bicyclic) bond motifs is 1. The average molecular weight is 376 g/mol. The van der Waals surface area contributed by atoms with Crippen molar-refractivity contribution in [2.24, 2.45) is 17.3 Å². The first-order valence-electron chi connectivity index (χ1n) is 8.85. The van der Waals surface area contributed by atoms with Crippen LogP contribution in [-0.4, -0.2) is 54.4 Å². The molecule has 146 valence electrons. The molecular weight excluding hydrogens is 352 g/mol. The monoisotopic (exact) mass is 376 g/mol. The molecule has 1 aliphatic carbocycles. The Kier molecular flexibility index (Phi) is 4.86. The number of ether oxygens (including phenoxy) is 3. The van der Waals surface area contributed by atoms with E-state index in [4.69, 9.17) is 14.2 Å². The van der Waals surface area contributed by atoms with Gasteiger partial charge in [-0.05, 0) is 19.4 Å². The second-order valence-corrected chi connectivity index (χ2v) is 7.57. The highest BCUT2D eigenvalue weighted by Crippen LogP contribution is 2.57. The van der Waals surface area contributed by atoms with Crippen molar-refractivity contribution >= 4 is 18.2 Å². The zero-order valence-corrected chi connectivity index (χ0v) is 15.6.